The summed E-state index contributed by atoms with van der Waals surface area (Å²) in [5, 5.41) is 4.02. The SMILES string of the molecule is CC(=O)C[N+](C)(C)CCCC(=O)Cc1ccsc1. The Bertz CT molecular complexity index is 396. The van der Waals surface area contributed by atoms with Crippen molar-refractivity contribution in [2.45, 2.75) is 26.2 Å². The molecule has 0 aliphatic carbocycles. The van der Waals surface area contributed by atoms with Gasteiger partial charge in [-0.15, -0.1) is 0 Å². The smallest absolute Gasteiger partial charge is 0.183 e. The number of quaternary nitrogens is 1. The predicted molar refractivity (Wildman–Crippen MR) is 74.8 cm³/mol. The van der Waals surface area contributed by atoms with Crippen molar-refractivity contribution in [1.82, 2.24) is 0 Å². The summed E-state index contributed by atoms with van der Waals surface area (Å²) >= 11 is 1.62. The summed E-state index contributed by atoms with van der Waals surface area (Å²) in [5.41, 5.74) is 1.11. The van der Waals surface area contributed by atoms with E-state index in [4.69, 9.17) is 0 Å². The average molecular weight is 268 g/mol. The maximum absolute atomic E-state index is 11.7. The van der Waals surface area contributed by atoms with Crippen LogP contribution < -0.4 is 0 Å². The van der Waals surface area contributed by atoms with Crippen molar-refractivity contribution >= 4 is 22.9 Å². The zero-order valence-corrected chi connectivity index (χ0v) is 12.3. The number of carbonyl (C=O) groups excluding carboxylic acids is 2. The van der Waals surface area contributed by atoms with Gasteiger partial charge in [0.1, 0.15) is 12.3 Å². The molecular weight excluding hydrogens is 246 g/mol. The summed E-state index contributed by atoms with van der Waals surface area (Å²) in [7, 11) is 4.06. The molecule has 3 nitrogen and oxygen atoms in total. The molecule has 0 unspecified atom stereocenters. The highest BCUT2D eigenvalue weighted by molar-refractivity contribution is 7.07. The minimum Gasteiger partial charge on any atom is -0.322 e. The largest absolute Gasteiger partial charge is 0.322 e. The van der Waals surface area contributed by atoms with Crippen molar-refractivity contribution in [3.8, 4) is 0 Å². The van der Waals surface area contributed by atoms with Gasteiger partial charge in [0.05, 0.1) is 20.6 Å². The molecule has 0 aliphatic heterocycles. The van der Waals surface area contributed by atoms with Crippen LogP contribution in [0.4, 0.5) is 0 Å². The Labute approximate surface area is 113 Å². The molecular formula is C14H22NO2S+. The monoisotopic (exact) mass is 268 g/mol. The van der Waals surface area contributed by atoms with Gasteiger partial charge in [0.15, 0.2) is 5.78 Å². The van der Waals surface area contributed by atoms with Crippen LogP contribution in [0.15, 0.2) is 16.8 Å². The molecule has 1 aromatic heterocycles. The van der Waals surface area contributed by atoms with Crippen LogP contribution in [0, 0.1) is 0 Å². The van der Waals surface area contributed by atoms with E-state index in [0.29, 0.717) is 23.9 Å². The molecule has 1 rings (SSSR count). The third-order valence-corrected chi connectivity index (χ3v) is 3.58. The van der Waals surface area contributed by atoms with Crippen molar-refractivity contribution in [1.29, 1.82) is 0 Å². The van der Waals surface area contributed by atoms with Gasteiger partial charge in [-0.1, -0.05) is 0 Å². The maximum atomic E-state index is 11.7. The Morgan fingerprint density at radius 2 is 2.06 bits per heavy atom. The predicted octanol–water partition coefficient (Wildman–Crippen LogP) is 2.31. The van der Waals surface area contributed by atoms with E-state index in [1.807, 2.05) is 30.9 Å². The first-order valence-electron chi connectivity index (χ1n) is 6.23. The minimum atomic E-state index is 0.199. The Kier molecular flexibility index (Phi) is 5.69. The number of rotatable bonds is 8. The van der Waals surface area contributed by atoms with Crippen LogP contribution in [0.5, 0.6) is 0 Å². The summed E-state index contributed by atoms with van der Waals surface area (Å²) in [6, 6.07) is 2.00. The van der Waals surface area contributed by atoms with Crippen LogP contribution in [0.2, 0.25) is 0 Å². The number of likely N-dealkylation sites (N-methyl/N-ethyl adjacent to an activating group) is 1. The third-order valence-electron chi connectivity index (χ3n) is 2.85. The molecule has 0 spiro atoms. The number of hydrogen-bond acceptors (Lipinski definition) is 3. The van der Waals surface area contributed by atoms with Gasteiger partial charge >= 0.3 is 0 Å². The lowest BCUT2D eigenvalue weighted by atomic mass is 10.1. The van der Waals surface area contributed by atoms with Crippen LogP contribution >= 0.6 is 11.3 Å². The lowest BCUT2D eigenvalue weighted by molar-refractivity contribution is -0.882. The minimum absolute atomic E-state index is 0.199. The van der Waals surface area contributed by atoms with E-state index >= 15 is 0 Å². The van der Waals surface area contributed by atoms with E-state index in [1.165, 1.54) is 0 Å². The number of hydrogen-bond donors (Lipinski definition) is 0. The van der Waals surface area contributed by atoms with E-state index in [9.17, 15) is 9.59 Å². The quantitative estimate of drug-likeness (QED) is 0.678. The zero-order valence-electron chi connectivity index (χ0n) is 11.4. The second-order valence-corrected chi connectivity index (χ2v) is 6.25. The molecule has 1 heterocycles. The van der Waals surface area contributed by atoms with E-state index in [2.05, 4.69) is 0 Å². The summed E-state index contributed by atoms with van der Waals surface area (Å²) < 4.78 is 0.668. The van der Waals surface area contributed by atoms with Gasteiger partial charge in [-0.3, -0.25) is 9.59 Å². The maximum Gasteiger partial charge on any atom is 0.183 e. The molecule has 0 saturated carbocycles. The van der Waals surface area contributed by atoms with Crippen molar-refractivity contribution in [3.63, 3.8) is 0 Å². The summed E-state index contributed by atoms with van der Waals surface area (Å²) in [4.78, 5) is 22.8. The molecule has 0 atom stereocenters. The molecule has 0 aliphatic rings. The number of Topliss-reactive ketones (excluding diaryl/α,β-unsaturated/α-hetero) is 2. The number of ketones is 2. The topological polar surface area (TPSA) is 34.1 Å². The summed E-state index contributed by atoms with van der Waals surface area (Å²) in [6.07, 6.45) is 2.00. The van der Waals surface area contributed by atoms with Crippen LogP contribution in [0.3, 0.4) is 0 Å². The Morgan fingerprint density at radius 3 is 2.61 bits per heavy atom. The molecule has 18 heavy (non-hydrogen) atoms. The number of thiophene rings is 1. The van der Waals surface area contributed by atoms with Crippen LogP contribution in [-0.2, 0) is 16.0 Å². The fourth-order valence-electron chi connectivity index (χ4n) is 2.10. The first kappa shape index (κ1) is 15.1. The van der Waals surface area contributed by atoms with Gasteiger partial charge in [0.25, 0.3) is 0 Å². The Hall–Kier alpha value is -1.000. The number of nitrogens with zero attached hydrogens (tertiary/aromatic N) is 1. The zero-order chi connectivity index (χ0) is 13.6. The second kappa shape index (κ2) is 6.81. The Morgan fingerprint density at radius 1 is 1.33 bits per heavy atom. The summed E-state index contributed by atoms with van der Waals surface area (Å²) in [6.45, 7) is 3.02. The van der Waals surface area contributed by atoms with Crippen LogP contribution in [0.1, 0.15) is 25.3 Å². The van der Waals surface area contributed by atoms with Crippen molar-refractivity contribution in [2.75, 3.05) is 27.2 Å². The first-order chi connectivity index (χ1) is 8.39. The fourth-order valence-corrected chi connectivity index (χ4v) is 2.76. The fraction of sp³-hybridized carbons (Fsp3) is 0.571. The highest BCUT2D eigenvalue weighted by atomic mass is 32.1. The average Bonchev–Trinajstić information content (AvgIpc) is 2.67. The summed E-state index contributed by atoms with van der Waals surface area (Å²) in [5.74, 6) is 0.487. The molecule has 0 saturated heterocycles. The van der Waals surface area contributed by atoms with E-state index in [0.717, 1.165) is 18.5 Å². The van der Waals surface area contributed by atoms with Gasteiger partial charge in [0.2, 0.25) is 0 Å². The van der Waals surface area contributed by atoms with Crippen molar-refractivity contribution in [3.05, 3.63) is 22.4 Å². The molecule has 0 radical (unpaired) electrons. The normalized spacial score (nSPS) is 11.5. The first-order valence-corrected chi connectivity index (χ1v) is 7.17. The van der Waals surface area contributed by atoms with Gasteiger partial charge in [-0.05, 0) is 22.4 Å². The van der Waals surface area contributed by atoms with Crippen molar-refractivity contribution < 1.29 is 14.1 Å². The van der Waals surface area contributed by atoms with Gasteiger partial charge in [-0.2, -0.15) is 11.3 Å². The lowest BCUT2D eigenvalue weighted by Crippen LogP contribution is -2.44. The molecule has 4 heteroatoms. The molecule has 0 fully saturated rings. The molecule has 0 N–H and O–H groups in total. The lowest BCUT2D eigenvalue weighted by Gasteiger charge is -2.28. The third kappa shape index (κ3) is 6.07. The van der Waals surface area contributed by atoms with Crippen molar-refractivity contribution in [2.24, 2.45) is 0 Å². The molecule has 1 aromatic rings. The highest BCUT2D eigenvalue weighted by Gasteiger charge is 2.17. The molecule has 0 amide bonds. The van der Waals surface area contributed by atoms with E-state index < -0.39 is 0 Å². The van der Waals surface area contributed by atoms with E-state index in [1.54, 1.807) is 18.3 Å². The van der Waals surface area contributed by atoms with Crippen LogP contribution in [-0.4, -0.2) is 43.2 Å². The van der Waals surface area contributed by atoms with Gasteiger partial charge in [-0.25, -0.2) is 0 Å². The van der Waals surface area contributed by atoms with Gasteiger partial charge in [0, 0.05) is 26.2 Å². The molecule has 0 aromatic carbocycles. The Balaban J connectivity index is 2.25. The molecule has 100 valence electrons. The standard InChI is InChI=1S/C14H22NO2S/c1-12(16)10-15(2,3)7-4-5-14(17)9-13-6-8-18-11-13/h6,8,11H,4-5,7,9-10H2,1-3H3/q+1. The van der Waals surface area contributed by atoms with Crippen LogP contribution in [0.25, 0.3) is 0 Å². The van der Waals surface area contributed by atoms with Gasteiger partial charge < -0.3 is 4.48 Å². The molecule has 0 bridgehead atoms. The second-order valence-electron chi connectivity index (χ2n) is 5.47. The number of carbonyl (C=O) groups is 2. The highest BCUT2D eigenvalue weighted by Crippen LogP contribution is 2.09. The van der Waals surface area contributed by atoms with E-state index in [-0.39, 0.29) is 11.6 Å².